The summed E-state index contributed by atoms with van der Waals surface area (Å²) in [5.74, 6) is -1.39. The lowest BCUT2D eigenvalue weighted by Gasteiger charge is -2.12. The van der Waals surface area contributed by atoms with Crippen LogP contribution < -0.4 is 4.72 Å². The number of benzene rings is 1. The Labute approximate surface area is 105 Å². The lowest BCUT2D eigenvalue weighted by molar-refractivity contribution is 0.518. The lowest BCUT2D eigenvalue weighted by atomic mass is 9.95. The first-order valence-electron chi connectivity index (χ1n) is 5.21. The van der Waals surface area contributed by atoms with Gasteiger partial charge in [0.05, 0.1) is 11.5 Å². The number of nitriles is 1. The predicted octanol–water partition coefficient (Wildman–Crippen LogP) is 1.40. The fourth-order valence-electron chi connectivity index (χ4n) is 1.79. The Kier molecular flexibility index (Phi) is 3.43. The number of nitrogens with zero attached hydrogens (tertiary/aromatic N) is 1. The van der Waals surface area contributed by atoms with Crippen molar-refractivity contribution in [3.05, 3.63) is 34.9 Å². The maximum atomic E-state index is 13.8. The number of nitrogens with one attached hydrogen (secondary N) is 1. The summed E-state index contributed by atoms with van der Waals surface area (Å²) < 4.78 is 50.0. The lowest BCUT2D eigenvalue weighted by Crippen LogP contribution is -2.17. The van der Waals surface area contributed by atoms with Crippen LogP contribution in [-0.2, 0) is 23.2 Å². The van der Waals surface area contributed by atoms with Crippen molar-refractivity contribution >= 4 is 11.3 Å². The molecule has 1 aromatic rings. The maximum Gasteiger partial charge on any atom is 0.128 e. The van der Waals surface area contributed by atoms with E-state index in [0.29, 0.717) is 12.8 Å². The third kappa shape index (κ3) is 2.41. The smallest absolute Gasteiger partial charge is 0.128 e. The summed E-state index contributed by atoms with van der Waals surface area (Å²) in [4.78, 5) is 0. The highest BCUT2D eigenvalue weighted by atomic mass is 32.2. The molecule has 0 radical (unpaired) electrons. The molecule has 18 heavy (non-hydrogen) atoms. The third-order valence-electron chi connectivity index (χ3n) is 3.00. The standard InChI is InChI=1S/C11H10F2N2O2S/c12-9-4-8(11(6-14)1-2-11)10(13)3-7(9)5-15-18(16)17/h3-4,15H,1-2,5H2,(H,16,17)/p-1. The van der Waals surface area contributed by atoms with Crippen LogP contribution in [-0.4, -0.2) is 8.76 Å². The van der Waals surface area contributed by atoms with Crippen LogP contribution in [0.4, 0.5) is 8.78 Å². The van der Waals surface area contributed by atoms with Gasteiger partial charge in [-0.2, -0.15) is 5.26 Å². The van der Waals surface area contributed by atoms with E-state index in [1.807, 2.05) is 10.8 Å². The summed E-state index contributed by atoms with van der Waals surface area (Å²) in [6.45, 7) is -0.321. The van der Waals surface area contributed by atoms with Gasteiger partial charge in [-0.3, -0.25) is 4.21 Å². The molecule has 96 valence electrons. The molecule has 7 heteroatoms. The summed E-state index contributed by atoms with van der Waals surface area (Å²) in [6, 6.07) is 3.90. The second kappa shape index (κ2) is 4.72. The SMILES string of the molecule is N#CC1(c2cc(F)c(CNS(=O)[O-])cc2F)CC1. The molecule has 0 spiro atoms. The fraction of sp³-hybridized carbons (Fsp3) is 0.364. The minimum Gasteiger partial charge on any atom is -0.760 e. The molecule has 1 aliphatic rings. The van der Waals surface area contributed by atoms with Crippen molar-refractivity contribution in [1.29, 1.82) is 5.26 Å². The first kappa shape index (κ1) is 13.1. The molecule has 1 atom stereocenters. The van der Waals surface area contributed by atoms with E-state index in [1.54, 1.807) is 0 Å². The molecular formula is C11H9F2N2O2S-. The monoisotopic (exact) mass is 271 g/mol. The summed E-state index contributed by atoms with van der Waals surface area (Å²) in [5.41, 5.74) is -0.943. The molecule has 0 aromatic heterocycles. The minimum atomic E-state index is -2.53. The highest BCUT2D eigenvalue weighted by Crippen LogP contribution is 2.48. The molecule has 4 nitrogen and oxygen atoms in total. The van der Waals surface area contributed by atoms with Crippen molar-refractivity contribution < 1.29 is 17.5 Å². The largest absolute Gasteiger partial charge is 0.760 e. The van der Waals surface area contributed by atoms with Crippen molar-refractivity contribution in [3.8, 4) is 6.07 Å². The maximum absolute atomic E-state index is 13.8. The molecule has 1 aliphatic carbocycles. The Bertz CT molecular complexity index is 553. The zero-order chi connectivity index (χ0) is 13.3. The van der Waals surface area contributed by atoms with Crippen LogP contribution in [0.3, 0.4) is 0 Å². The van der Waals surface area contributed by atoms with E-state index < -0.39 is 28.3 Å². The van der Waals surface area contributed by atoms with Gasteiger partial charge in [0.25, 0.3) is 0 Å². The molecule has 1 fully saturated rings. The average Bonchev–Trinajstić information content (AvgIpc) is 3.10. The van der Waals surface area contributed by atoms with Gasteiger partial charge in [-0.1, -0.05) is 0 Å². The predicted molar refractivity (Wildman–Crippen MR) is 58.6 cm³/mol. The van der Waals surface area contributed by atoms with Crippen LogP contribution in [0.15, 0.2) is 12.1 Å². The Morgan fingerprint density at radius 2 is 2.11 bits per heavy atom. The number of hydrogen-bond donors (Lipinski definition) is 1. The molecule has 1 unspecified atom stereocenters. The molecule has 0 aliphatic heterocycles. The van der Waals surface area contributed by atoms with Crippen molar-refractivity contribution in [2.75, 3.05) is 0 Å². The Balaban J connectivity index is 2.30. The highest BCUT2D eigenvalue weighted by molar-refractivity contribution is 7.77. The van der Waals surface area contributed by atoms with Crippen molar-refractivity contribution in [1.82, 2.24) is 4.72 Å². The van der Waals surface area contributed by atoms with Gasteiger partial charge < -0.3 is 4.55 Å². The van der Waals surface area contributed by atoms with E-state index in [9.17, 15) is 17.5 Å². The van der Waals surface area contributed by atoms with Crippen LogP contribution in [0.5, 0.6) is 0 Å². The fourth-order valence-corrected chi connectivity index (χ4v) is 2.07. The van der Waals surface area contributed by atoms with Gasteiger partial charge in [-0.05, 0) is 25.0 Å². The Morgan fingerprint density at radius 3 is 2.61 bits per heavy atom. The van der Waals surface area contributed by atoms with Gasteiger partial charge in [0.1, 0.15) is 11.6 Å². The van der Waals surface area contributed by atoms with Gasteiger partial charge in [0.15, 0.2) is 0 Å². The molecule has 0 amide bonds. The molecule has 0 heterocycles. The molecule has 2 rings (SSSR count). The zero-order valence-electron chi connectivity index (χ0n) is 9.20. The van der Waals surface area contributed by atoms with Crippen LogP contribution in [0.1, 0.15) is 24.0 Å². The quantitative estimate of drug-likeness (QED) is 0.841. The zero-order valence-corrected chi connectivity index (χ0v) is 10.0. The molecular weight excluding hydrogens is 262 g/mol. The van der Waals surface area contributed by atoms with Crippen molar-refractivity contribution in [2.45, 2.75) is 24.8 Å². The number of hydrogen-bond acceptors (Lipinski definition) is 3. The van der Waals surface area contributed by atoms with Crippen LogP contribution in [0.25, 0.3) is 0 Å². The van der Waals surface area contributed by atoms with Gasteiger partial charge >= 0.3 is 0 Å². The second-order valence-corrected chi connectivity index (χ2v) is 4.93. The summed E-state index contributed by atoms with van der Waals surface area (Å²) >= 11 is -2.53. The van der Waals surface area contributed by atoms with Gasteiger partial charge in [-0.15, -0.1) is 0 Å². The van der Waals surface area contributed by atoms with Crippen LogP contribution >= 0.6 is 0 Å². The van der Waals surface area contributed by atoms with Crippen molar-refractivity contribution in [2.24, 2.45) is 0 Å². The summed E-state index contributed by atoms with van der Waals surface area (Å²) in [5, 5.41) is 8.94. The third-order valence-corrected chi connectivity index (χ3v) is 3.38. The first-order valence-corrected chi connectivity index (χ1v) is 6.28. The first-order chi connectivity index (χ1) is 8.48. The van der Waals surface area contributed by atoms with Gasteiger partial charge in [0.2, 0.25) is 0 Å². The minimum absolute atomic E-state index is 0.0505. The molecule has 1 saturated carbocycles. The van der Waals surface area contributed by atoms with E-state index in [4.69, 9.17) is 5.26 Å². The number of rotatable bonds is 4. The van der Waals surface area contributed by atoms with Gasteiger partial charge in [0, 0.05) is 28.9 Å². The van der Waals surface area contributed by atoms with E-state index in [-0.39, 0.29) is 17.7 Å². The van der Waals surface area contributed by atoms with E-state index >= 15 is 0 Å². The van der Waals surface area contributed by atoms with Crippen molar-refractivity contribution in [3.63, 3.8) is 0 Å². The topological polar surface area (TPSA) is 76.0 Å². The van der Waals surface area contributed by atoms with E-state index in [1.165, 1.54) is 0 Å². The van der Waals surface area contributed by atoms with E-state index in [2.05, 4.69) is 0 Å². The summed E-state index contributed by atoms with van der Waals surface area (Å²) in [6.07, 6.45) is 1.03. The normalized spacial score (nSPS) is 18.1. The highest BCUT2D eigenvalue weighted by Gasteiger charge is 2.47. The molecule has 1 aromatic carbocycles. The van der Waals surface area contributed by atoms with E-state index in [0.717, 1.165) is 12.1 Å². The van der Waals surface area contributed by atoms with Crippen LogP contribution in [0.2, 0.25) is 0 Å². The molecule has 0 bridgehead atoms. The Morgan fingerprint density at radius 1 is 1.44 bits per heavy atom. The van der Waals surface area contributed by atoms with Crippen LogP contribution in [0, 0.1) is 23.0 Å². The summed E-state index contributed by atoms with van der Waals surface area (Å²) in [7, 11) is 0. The molecule has 1 N–H and O–H groups in total. The number of halogens is 2. The van der Waals surface area contributed by atoms with Gasteiger partial charge in [-0.25, -0.2) is 13.5 Å². The average molecular weight is 271 g/mol. The Hall–Kier alpha value is -1.36. The second-order valence-electron chi connectivity index (χ2n) is 4.17. The molecule has 0 saturated heterocycles.